The Labute approximate surface area is 209 Å². The summed E-state index contributed by atoms with van der Waals surface area (Å²) in [6, 6.07) is 15.0. The fraction of sp³-hybridized carbons (Fsp3) is 0.400. The van der Waals surface area contributed by atoms with Crippen molar-refractivity contribution in [1.82, 2.24) is 0 Å². The highest BCUT2D eigenvalue weighted by Gasteiger charge is 2.30. The van der Waals surface area contributed by atoms with E-state index in [1.54, 1.807) is 24.3 Å². The second-order valence-electron chi connectivity index (χ2n) is 9.65. The number of alkyl halides is 3. The van der Waals surface area contributed by atoms with E-state index in [0.717, 1.165) is 43.4 Å². The molecule has 4 rings (SSSR count). The van der Waals surface area contributed by atoms with Crippen molar-refractivity contribution in [3.8, 4) is 22.6 Å². The van der Waals surface area contributed by atoms with E-state index < -0.39 is 23.4 Å². The average Bonchev–Trinajstić information content (AvgIpc) is 2.87. The summed E-state index contributed by atoms with van der Waals surface area (Å²) >= 11 is 0. The molecule has 0 atom stereocenters. The van der Waals surface area contributed by atoms with Gasteiger partial charge in [0.2, 0.25) is 0 Å². The highest BCUT2D eigenvalue weighted by molar-refractivity contribution is 5.71. The molecular formula is C30H30F5O. The van der Waals surface area contributed by atoms with Gasteiger partial charge in [0.15, 0.2) is 11.6 Å². The van der Waals surface area contributed by atoms with Crippen LogP contribution in [0.3, 0.4) is 0 Å². The predicted molar refractivity (Wildman–Crippen MR) is 131 cm³/mol. The lowest BCUT2D eigenvalue weighted by Crippen LogP contribution is -2.15. The quantitative estimate of drug-likeness (QED) is 0.279. The molecule has 0 aliphatic heterocycles. The zero-order valence-electron chi connectivity index (χ0n) is 20.3. The summed E-state index contributed by atoms with van der Waals surface area (Å²) in [5, 5.41) is 0. The van der Waals surface area contributed by atoms with Crippen LogP contribution in [0.25, 0.3) is 11.1 Å². The molecule has 1 nitrogen and oxygen atoms in total. The van der Waals surface area contributed by atoms with Gasteiger partial charge in [0.1, 0.15) is 11.6 Å². The summed E-state index contributed by atoms with van der Waals surface area (Å²) < 4.78 is 74.5. The SMILES string of the molecule is CCC[C@H]1CC[C@H](CCc2c(F)c[c]c(Oc3ccccc3-c3ccc(C(F)(F)F)cc3)c2F)CC1. The average molecular weight is 502 g/mol. The predicted octanol–water partition coefficient (Wildman–Crippen LogP) is 9.78. The Morgan fingerprint density at radius 2 is 1.53 bits per heavy atom. The summed E-state index contributed by atoms with van der Waals surface area (Å²) in [5.41, 5.74) is 0.214. The Morgan fingerprint density at radius 1 is 0.889 bits per heavy atom. The van der Waals surface area contributed by atoms with E-state index in [4.69, 9.17) is 4.74 Å². The molecule has 0 amide bonds. The van der Waals surface area contributed by atoms with Crippen molar-refractivity contribution in [2.75, 3.05) is 0 Å². The molecule has 0 aromatic heterocycles. The van der Waals surface area contributed by atoms with Gasteiger partial charge in [0.25, 0.3) is 0 Å². The molecule has 191 valence electrons. The van der Waals surface area contributed by atoms with Crippen LogP contribution in [0.5, 0.6) is 11.5 Å². The van der Waals surface area contributed by atoms with Crippen LogP contribution in [0, 0.1) is 29.5 Å². The van der Waals surface area contributed by atoms with Crippen LogP contribution in [-0.2, 0) is 12.6 Å². The summed E-state index contributed by atoms with van der Waals surface area (Å²) in [6.07, 6.45) is 3.56. The van der Waals surface area contributed by atoms with Crippen molar-refractivity contribution in [2.24, 2.45) is 11.8 Å². The number of ether oxygens (including phenoxy) is 1. The lowest BCUT2D eigenvalue weighted by atomic mass is 9.78. The van der Waals surface area contributed by atoms with E-state index in [-0.39, 0.29) is 23.5 Å². The van der Waals surface area contributed by atoms with Crippen LogP contribution in [0.4, 0.5) is 22.0 Å². The van der Waals surface area contributed by atoms with Crippen LogP contribution in [0.15, 0.2) is 54.6 Å². The van der Waals surface area contributed by atoms with Crippen LogP contribution in [0.1, 0.15) is 63.0 Å². The van der Waals surface area contributed by atoms with Gasteiger partial charge in [-0.3, -0.25) is 0 Å². The smallest absolute Gasteiger partial charge is 0.416 e. The van der Waals surface area contributed by atoms with Gasteiger partial charge in [0, 0.05) is 17.2 Å². The number of rotatable bonds is 8. The van der Waals surface area contributed by atoms with Gasteiger partial charge in [0.05, 0.1) is 5.56 Å². The molecule has 1 saturated carbocycles. The lowest BCUT2D eigenvalue weighted by Gasteiger charge is -2.28. The molecule has 1 radical (unpaired) electrons. The standard InChI is InChI=1S/C30H30F5O/c1-2-5-20-8-10-21(11-9-20)12-17-25-26(31)18-19-28(29(25)32)36-27-7-4-3-6-24(27)22-13-15-23(16-14-22)30(33,34)35/h3-4,6-7,13-16,18,20-21H,2,5,8-12,17H2,1H3/t20-,21-. The monoisotopic (exact) mass is 501 g/mol. The highest BCUT2D eigenvalue weighted by atomic mass is 19.4. The largest absolute Gasteiger partial charge is 0.453 e. The maximum absolute atomic E-state index is 15.3. The molecule has 36 heavy (non-hydrogen) atoms. The maximum atomic E-state index is 15.3. The summed E-state index contributed by atoms with van der Waals surface area (Å²) in [7, 11) is 0. The molecule has 3 aromatic rings. The first kappa shape index (κ1) is 26.2. The normalized spacial score (nSPS) is 18.3. The zero-order valence-corrected chi connectivity index (χ0v) is 20.3. The molecule has 0 saturated heterocycles. The molecule has 0 spiro atoms. The minimum absolute atomic E-state index is 0.00792. The molecule has 6 heteroatoms. The van der Waals surface area contributed by atoms with Gasteiger partial charge in [-0.25, -0.2) is 8.78 Å². The molecule has 0 N–H and O–H groups in total. The Kier molecular flexibility index (Phi) is 8.32. The van der Waals surface area contributed by atoms with Crippen molar-refractivity contribution in [3.63, 3.8) is 0 Å². The number of hydrogen-bond acceptors (Lipinski definition) is 1. The third kappa shape index (κ3) is 6.26. The van der Waals surface area contributed by atoms with E-state index in [1.807, 2.05) is 0 Å². The Hall–Kier alpha value is -2.89. The van der Waals surface area contributed by atoms with Crippen molar-refractivity contribution in [3.05, 3.63) is 83.4 Å². The lowest BCUT2D eigenvalue weighted by molar-refractivity contribution is -0.137. The summed E-state index contributed by atoms with van der Waals surface area (Å²) in [4.78, 5) is 0. The third-order valence-corrected chi connectivity index (χ3v) is 7.17. The van der Waals surface area contributed by atoms with Gasteiger partial charge in [-0.05, 0) is 54.5 Å². The molecule has 0 bridgehead atoms. The summed E-state index contributed by atoms with van der Waals surface area (Å²) in [5.74, 6) is -0.161. The molecule has 1 aliphatic rings. The van der Waals surface area contributed by atoms with Crippen molar-refractivity contribution in [2.45, 2.75) is 64.5 Å². The molecule has 1 aliphatic carbocycles. The molecule has 0 heterocycles. The fourth-order valence-electron chi connectivity index (χ4n) is 5.13. The highest BCUT2D eigenvalue weighted by Crippen LogP contribution is 2.38. The van der Waals surface area contributed by atoms with E-state index in [0.29, 0.717) is 17.0 Å². The van der Waals surface area contributed by atoms with Crippen molar-refractivity contribution < 1.29 is 26.7 Å². The van der Waals surface area contributed by atoms with Crippen LogP contribution in [-0.4, -0.2) is 0 Å². The minimum Gasteiger partial charge on any atom is -0.453 e. The number of hydrogen-bond donors (Lipinski definition) is 0. The number of benzene rings is 3. The first-order chi connectivity index (χ1) is 17.3. The van der Waals surface area contributed by atoms with Gasteiger partial charge in [-0.2, -0.15) is 13.2 Å². The zero-order chi connectivity index (χ0) is 25.7. The van der Waals surface area contributed by atoms with Crippen LogP contribution >= 0.6 is 0 Å². The van der Waals surface area contributed by atoms with E-state index in [1.165, 1.54) is 37.8 Å². The second kappa shape index (κ2) is 11.4. The van der Waals surface area contributed by atoms with Gasteiger partial charge >= 0.3 is 6.18 Å². The third-order valence-electron chi connectivity index (χ3n) is 7.17. The summed E-state index contributed by atoms with van der Waals surface area (Å²) in [6.45, 7) is 2.20. The van der Waals surface area contributed by atoms with Crippen LogP contribution in [0.2, 0.25) is 0 Å². The first-order valence-corrected chi connectivity index (χ1v) is 12.6. The first-order valence-electron chi connectivity index (χ1n) is 12.6. The van der Waals surface area contributed by atoms with E-state index in [2.05, 4.69) is 13.0 Å². The van der Waals surface area contributed by atoms with E-state index >= 15 is 4.39 Å². The van der Waals surface area contributed by atoms with Crippen LogP contribution < -0.4 is 4.74 Å². The number of halogens is 5. The van der Waals surface area contributed by atoms with Gasteiger partial charge in [-0.1, -0.05) is 75.8 Å². The molecule has 1 fully saturated rings. The van der Waals surface area contributed by atoms with E-state index in [9.17, 15) is 17.6 Å². The fourth-order valence-corrected chi connectivity index (χ4v) is 5.13. The number of para-hydroxylation sites is 1. The molecular weight excluding hydrogens is 471 g/mol. The minimum atomic E-state index is -4.44. The van der Waals surface area contributed by atoms with Gasteiger partial charge in [-0.15, -0.1) is 0 Å². The van der Waals surface area contributed by atoms with Crippen molar-refractivity contribution >= 4 is 0 Å². The molecule has 3 aromatic carbocycles. The Morgan fingerprint density at radius 3 is 2.17 bits per heavy atom. The maximum Gasteiger partial charge on any atom is 0.416 e. The Bertz CT molecular complexity index is 1140. The topological polar surface area (TPSA) is 9.23 Å². The van der Waals surface area contributed by atoms with Gasteiger partial charge < -0.3 is 4.74 Å². The second-order valence-corrected chi connectivity index (χ2v) is 9.65. The Balaban J connectivity index is 1.49. The molecule has 0 unspecified atom stereocenters. The van der Waals surface area contributed by atoms with Crippen molar-refractivity contribution in [1.29, 1.82) is 0 Å².